The van der Waals surface area contributed by atoms with E-state index in [0.29, 0.717) is 18.7 Å². The Kier molecular flexibility index (Phi) is 5.80. The van der Waals surface area contributed by atoms with Gasteiger partial charge in [-0.1, -0.05) is 30.3 Å². The third kappa shape index (κ3) is 3.99. The van der Waals surface area contributed by atoms with Gasteiger partial charge in [0.15, 0.2) is 0 Å². The summed E-state index contributed by atoms with van der Waals surface area (Å²) in [5.74, 6) is -0.407. The number of para-hydroxylation sites is 1. The predicted octanol–water partition coefficient (Wildman–Crippen LogP) is 1.32. The van der Waals surface area contributed by atoms with Crippen molar-refractivity contribution in [2.45, 2.75) is 37.1 Å². The molecule has 1 saturated carbocycles. The lowest BCUT2D eigenvalue weighted by molar-refractivity contribution is -0.130. The molecule has 2 aromatic carbocycles. The molecule has 0 spiro atoms. The molecule has 29 heavy (non-hydrogen) atoms. The van der Waals surface area contributed by atoms with Gasteiger partial charge in [0.2, 0.25) is 5.91 Å². The van der Waals surface area contributed by atoms with Crippen LogP contribution in [0, 0.1) is 11.7 Å². The summed E-state index contributed by atoms with van der Waals surface area (Å²) in [7, 11) is 0. The number of carbonyl (C=O) groups excluding carboxylic acids is 1. The Bertz CT molecular complexity index is 860. The van der Waals surface area contributed by atoms with E-state index in [1.807, 2.05) is 24.3 Å². The van der Waals surface area contributed by atoms with Gasteiger partial charge < -0.3 is 25.6 Å². The molecule has 1 amide bonds. The molecule has 0 bridgehead atoms. The van der Waals surface area contributed by atoms with Gasteiger partial charge >= 0.3 is 0 Å². The van der Waals surface area contributed by atoms with Crippen molar-refractivity contribution in [2.75, 3.05) is 13.2 Å². The second kappa shape index (κ2) is 8.49. The van der Waals surface area contributed by atoms with Crippen LogP contribution < -0.4 is 15.4 Å². The maximum Gasteiger partial charge on any atom is 0.224 e. The van der Waals surface area contributed by atoms with Crippen LogP contribution in [0.1, 0.15) is 23.5 Å². The van der Waals surface area contributed by atoms with Crippen LogP contribution in [0.4, 0.5) is 4.39 Å². The van der Waals surface area contributed by atoms with Crippen LogP contribution in [0.2, 0.25) is 0 Å². The summed E-state index contributed by atoms with van der Waals surface area (Å²) >= 11 is 0. The van der Waals surface area contributed by atoms with Crippen molar-refractivity contribution in [1.82, 2.24) is 10.6 Å². The first-order chi connectivity index (χ1) is 14.1. The molecule has 0 saturated heterocycles. The van der Waals surface area contributed by atoms with Crippen molar-refractivity contribution in [3.05, 3.63) is 65.5 Å². The van der Waals surface area contributed by atoms with Gasteiger partial charge in [0.25, 0.3) is 0 Å². The number of fused-ring (bicyclic) bond motifs is 3. The lowest BCUT2D eigenvalue weighted by atomic mass is 9.71. The summed E-state index contributed by atoms with van der Waals surface area (Å²) in [5, 5.41) is 26.1. The molecule has 7 heteroatoms. The number of hydrogen-bond acceptors (Lipinski definition) is 5. The summed E-state index contributed by atoms with van der Waals surface area (Å²) in [6.07, 6.45) is -0.898. The molecule has 2 aromatic rings. The van der Waals surface area contributed by atoms with Crippen LogP contribution >= 0.6 is 0 Å². The van der Waals surface area contributed by atoms with Gasteiger partial charge in [0.05, 0.1) is 12.5 Å². The maximum atomic E-state index is 13.1. The van der Waals surface area contributed by atoms with Gasteiger partial charge in [0.1, 0.15) is 23.8 Å². The monoisotopic (exact) mass is 400 g/mol. The highest BCUT2D eigenvalue weighted by molar-refractivity contribution is 5.80. The highest BCUT2D eigenvalue weighted by Gasteiger charge is 2.52. The molecule has 4 rings (SSSR count). The zero-order valence-corrected chi connectivity index (χ0v) is 15.9. The zero-order valence-electron chi connectivity index (χ0n) is 15.9. The van der Waals surface area contributed by atoms with Gasteiger partial charge in [-0.15, -0.1) is 0 Å². The number of carbonyl (C=O) groups is 1. The molecule has 5 atom stereocenters. The Balaban J connectivity index is 1.55. The molecule has 1 aliphatic heterocycles. The fourth-order valence-electron chi connectivity index (χ4n) is 4.41. The SMILES string of the molecule is O=C(NCCO)C1C[C@@H](NCc2ccc(F)cc2)[C@H](O)[C@H]2Oc3ccccc3[C@@H]12. The molecular weight excluding hydrogens is 375 g/mol. The van der Waals surface area contributed by atoms with Gasteiger partial charge in [-0.25, -0.2) is 4.39 Å². The first-order valence-corrected chi connectivity index (χ1v) is 9.88. The largest absolute Gasteiger partial charge is 0.487 e. The second-order valence-electron chi connectivity index (χ2n) is 7.61. The molecule has 6 nitrogen and oxygen atoms in total. The third-order valence-corrected chi connectivity index (χ3v) is 5.81. The van der Waals surface area contributed by atoms with Crippen LogP contribution in [0.5, 0.6) is 5.75 Å². The van der Waals surface area contributed by atoms with E-state index >= 15 is 0 Å². The van der Waals surface area contributed by atoms with E-state index in [2.05, 4.69) is 10.6 Å². The Labute approximate surface area is 168 Å². The Morgan fingerprint density at radius 1 is 1.17 bits per heavy atom. The summed E-state index contributed by atoms with van der Waals surface area (Å²) in [4.78, 5) is 12.8. The van der Waals surface area contributed by atoms with Crippen LogP contribution in [0.15, 0.2) is 48.5 Å². The summed E-state index contributed by atoms with van der Waals surface area (Å²) in [6, 6.07) is 13.4. The number of aliphatic hydroxyl groups excluding tert-OH is 2. The molecule has 1 aliphatic carbocycles. The van der Waals surface area contributed by atoms with Gasteiger partial charge in [-0.2, -0.15) is 0 Å². The molecule has 1 fully saturated rings. The average molecular weight is 400 g/mol. The Hall–Kier alpha value is -2.48. The fourth-order valence-corrected chi connectivity index (χ4v) is 4.41. The fraction of sp³-hybridized carbons (Fsp3) is 0.409. The normalized spacial score (nSPS) is 27.6. The third-order valence-electron chi connectivity index (χ3n) is 5.81. The number of nitrogens with one attached hydrogen (secondary N) is 2. The predicted molar refractivity (Wildman–Crippen MR) is 105 cm³/mol. The molecule has 2 aliphatic rings. The van der Waals surface area contributed by atoms with E-state index in [1.54, 1.807) is 12.1 Å². The molecule has 1 heterocycles. The standard InChI is InChI=1S/C22H25FN2O4/c23-14-7-5-13(6-8-14)12-25-17-11-16(22(28)24-9-10-26)19-15-3-1-2-4-18(15)29-21(19)20(17)27/h1-8,16-17,19-21,25-27H,9-12H2,(H,24,28)/t16?,17-,19+,20+,21+/m1/s1. The summed E-state index contributed by atoms with van der Waals surface area (Å²) < 4.78 is 19.2. The summed E-state index contributed by atoms with van der Waals surface area (Å²) in [6.45, 7) is 0.497. The molecule has 154 valence electrons. The Morgan fingerprint density at radius 2 is 1.93 bits per heavy atom. The number of hydrogen-bond donors (Lipinski definition) is 4. The number of amides is 1. The van der Waals surface area contributed by atoms with Gasteiger partial charge in [0, 0.05) is 30.6 Å². The van der Waals surface area contributed by atoms with Crippen LogP contribution in [-0.4, -0.2) is 47.5 Å². The van der Waals surface area contributed by atoms with Crippen LogP contribution in [0.3, 0.4) is 0 Å². The topological polar surface area (TPSA) is 90.8 Å². The minimum absolute atomic E-state index is 0.130. The number of benzene rings is 2. The van der Waals surface area contributed by atoms with Crippen molar-refractivity contribution in [3.8, 4) is 5.75 Å². The van der Waals surface area contributed by atoms with E-state index in [4.69, 9.17) is 9.84 Å². The summed E-state index contributed by atoms with van der Waals surface area (Å²) in [5.41, 5.74) is 1.82. The lowest BCUT2D eigenvalue weighted by Crippen LogP contribution is -2.57. The minimum Gasteiger partial charge on any atom is -0.487 e. The van der Waals surface area contributed by atoms with Crippen molar-refractivity contribution in [1.29, 1.82) is 0 Å². The first kappa shape index (κ1) is 19.8. The molecule has 0 radical (unpaired) electrons. The molecule has 4 N–H and O–H groups in total. The van der Waals surface area contributed by atoms with Crippen LogP contribution in [0.25, 0.3) is 0 Å². The molecular formula is C22H25FN2O4. The highest BCUT2D eigenvalue weighted by atomic mass is 19.1. The molecule has 0 aromatic heterocycles. The van der Waals surface area contributed by atoms with E-state index in [0.717, 1.165) is 11.1 Å². The number of halogens is 1. The number of aliphatic hydroxyl groups is 2. The Morgan fingerprint density at radius 3 is 2.69 bits per heavy atom. The average Bonchev–Trinajstić information content (AvgIpc) is 3.13. The quantitative estimate of drug-likeness (QED) is 0.587. The van der Waals surface area contributed by atoms with Crippen molar-refractivity contribution < 1.29 is 24.1 Å². The first-order valence-electron chi connectivity index (χ1n) is 9.88. The minimum atomic E-state index is -0.797. The maximum absolute atomic E-state index is 13.1. The number of rotatable bonds is 6. The second-order valence-corrected chi connectivity index (χ2v) is 7.61. The smallest absolute Gasteiger partial charge is 0.224 e. The van der Waals surface area contributed by atoms with Gasteiger partial charge in [-0.05, 0) is 30.2 Å². The van der Waals surface area contributed by atoms with Crippen LogP contribution in [-0.2, 0) is 11.3 Å². The van der Waals surface area contributed by atoms with E-state index in [1.165, 1.54) is 12.1 Å². The highest BCUT2D eigenvalue weighted by Crippen LogP contribution is 2.48. The van der Waals surface area contributed by atoms with E-state index in [9.17, 15) is 14.3 Å². The van der Waals surface area contributed by atoms with Crippen molar-refractivity contribution in [2.24, 2.45) is 5.92 Å². The van der Waals surface area contributed by atoms with Gasteiger partial charge in [-0.3, -0.25) is 4.79 Å². The molecule has 1 unspecified atom stereocenters. The number of ether oxygens (including phenoxy) is 1. The van der Waals surface area contributed by atoms with E-state index < -0.39 is 18.1 Å². The zero-order chi connectivity index (χ0) is 20.4. The van der Waals surface area contributed by atoms with E-state index in [-0.39, 0.29) is 36.8 Å². The lowest BCUT2D eigenvalue weighted by Gasteiger charge is -2.41. The van der Waals surface area contributed by atoms with Crippen molar-refractivity contribution >= 4 is 5.91 Å². The van der Waals surface area contributed by atoms with Crippen molar-refractivity contribution in [3.63, 3.8) is 0 Å².